The number of carbonyl (C=O) groups is 2. The van der Waals surface area contributed by atoms with Crippen LogP contribution in [0, 0.1) is 0 Å². The van der Waals surface area contributed by atoms with E-state index in [1.807, 2.05) is 0 Å². The molecule has 0 unspecified atom stereocenters. The van der Waals surface area contributed by atoms with Crippen LogP contribution in [0.2, 0.25) is 0 Å². The van der Waals surface area contributed by atoms with Crippen molar-refractivity contribution in [1.82, 2.24) is 0 Å². The highest BCUT2D eigenvalue weighted by Gasteiger charge is 2.27. The summed E-state index contributed by atoms with van der Waals surface area (Å²) in [4.78, 5) is 23.0. The number of carboxylic acids is 1. The number of amides is 1. The van der Waals surface area contributed by atoms with Crippen LogP contribution in [-0.4, -0.2) is 66.9 Å². The average Bonchev–Trinajstić information content (AvgIpc) is 3.21. The van der Waals surface area contributed by atoms with Crippen LogP contribution in [0.4, 0.5) is 62.6 Å². The van der Waals surface area contributed by atoms with Crippen LogP contribution >= 0.6 is 0 Å². The Labute approximate surface area is 358 Å². The zero-order valence-corrected chi connectivity index (χ0v) is 35.2. The molecule has 8 N–H and O–H groups in total. The predicted molar refractivity (Wildman–Crippen MR) is 222 cm³/mol. The van der Waals surface area contributed by atoms with Crippen molar-refractivity contribution in [1.29, 1.82) is 0 Å². The molecule has 5 aromatic rings. The van der Waals surface area contributed by atoms with Gasteiger partial charge in [0, 0.05) is 13.0 Å². The van der Waals surface area contributed by atoms with Crippen LogP contribution in [0.1, 0.15) is 17.3 Å². The topological polar surface area (TPSA) is 404 Å². The second-order valence-corrected chi connectivity index (χ2v) is 17.0. The van der Waals surface area contributed by atoms with Crippen molar-refractivity contribution >= 4 is 116 Å². The third kappa shape index (κ3) is 11.1. The van der Waals surface area contributed by atoms with Gasteiger partial charge < -0.3 is 26.6 Å². The number of carbonyl (C=O) groups excluding carboxylic acids is 1. The average molecular weight is 944 g/mol. The quantitative estimate of drug-likeness (QED) is 0.0237. The molecule has 0 heterocycles. The van der Waals surface area contributed by atoms with Gasteiger partial charge in [-0.2, -0.15) is 21.9 Å². The van der Waals surface area contributed by atoms with Crippen molar-refractivity contribution in [3.8, 4) is 5.75 Å². The minimum Gasteiger partial charge on any atom is -0.494 e. The Morgan fingerprint density at radius 2 is 1.13 bits per heavy atom. The van der Waals surface area contributed by atoms with Crippen molar-refractivity contribution in [2.45, 2.75) is 26.5 Å². The lowest BCUT2D eigenvalue weighted by Gasteiger charge is -2.14. The van der Waals surface area contributed by atoms with Gasteiger partial charge in [-0.15, -0.1) is 35.8 Å². The first-order chi connectivity index (χ1) is 29.6. The Morgan fingerprint density at radius 3 is 1.68 bits per heavy atom. The third-order valence-corrected chi connectivity index (χ3v) is 11.2. The zero-order valence-electron chi connectivity index (χ0n) is 31.8. The minimum absolute atomic E-state index is 0.0228. The summed E-state index contributed by atoms with van der Waals surface area (Å²) in [6.45, 7) is 1.11. The molecule has 0 radical (unpaired) electrons. The van der Waals surface area contributed by atoms with E-state index in [-0.39, 0.29) is 33.4 Å². The number of rotatable bonds is 15. The van der Waals surface area contributed by atoms with Gasteiger partial charge in [0.05, 0.1) is 39.7 Å². The summed E-state index contributed by atoms with van der Waals surface area (Å²) < 4.78 is 119. The molecule has 0 aromatic heterocycles. The Kier molecular flexibility index (Phi) is 14.1. The molecule has 0 saturated carbocycles. The highest BCUT2D eigenvalue weighted by Crippen LogP contribution is 2.50. The van der Waals surface area contributed by atoms with Gasteiger partial charge >= 0.3 is 5.97 Å². The van der Waals surface area contributed by atoms with Crippen LogP contribution < -0.4 is 21.5 Å². The van der Waals surface area contributed by atoms with Crippen LogP contribution in [-0.2, 0) is 46.4 Å². The van der Waals surface area contributed by atoms with Crippen molar-refractivity contribution in [3.63, 3.8) is 0 Å². The predicted octanol–water partition coefficient (Wildman–Crippen LogP) is 6.61. The van der Waals surface area contributed by atoms with Crippen molar-refractivity contribution in [2.75, 3.05) is 23.9 Å². The van der Waals surface area contributed by atoms with Crippen molar-refractivity contribution in [2.24, 2.45) is 40.9 Å². The third-order valence-electron chi connectivity index (χ3n) is 8.00. The molecule has 1 amide bonds. The first-order valence-electron chi connectivity index (χ1n) is 16.8. The first kappa shape index (κ1) is 46.6. The van der Waals surface area contributed by atoms with E-state index in [2.05, 4.69) is 46.2 Å². The fourth-order valence-corrected chi connectivity index (χ4v) is 7.35. The highest BCUT2D eigenvalue weighted by atomic mass is 32.2. The van der Waals surface area contributed by atoms with Gasteiger partial charge in [-0.3, -0.25) is 13.9 Å². The van der Waals surface area contributed by atoms with Crippen molar-refractivity contribution < 1.29 is 62.2 Å². The molecular formula is C34H29N11O14S4. The molecule has 0 saturated heterocycles. The number of ether oxygens (including phenoxy) is 1. The number of nitrogens with two attached hydrogens (primary N) is 2. The Bertz CT molecular complexity index is 3190. The number of hydrogen-bond acceptors (Lipinski definition) is 21. The summed E-state index contributed by atoms with van der Waals surface area (Å²) in [5.74, 6) is -2.60. The summed E-state index contributed by atoms with van der Waals surface area (Å²) in [7, 11) is -14.9. The second-order valence-electron chi connectivity index (χ2n) is 12.2. The largest absolute Gasteiger partial charge is 0.494 e. The van der Waals surface area contributed by atoms with Gasteiger partial charge in [-0.1, -0.05) is 12.1 Å². The minimum atomic E-state index is -5.03. The number of anilines is 3. The molecule has 29 heteroatoms. The fourth-order valence-electron chi connectivity index (χ4n) is 5.17. The molecule has 0 atom stereocenters. The van der Waals surface area contributed by atoms with E-state index in [0.29, 0.717) is 6.07 Å². The van der Waals surface area contributed by atoms with Gasteiger partial charge in [0.1, 0.15) is 60.9 Å². The summed E-state index contributed by atoms with van der Waals surface area (Å²) in [5, 5.41) is 44.5. The lowest BCUT2D eigenvalue weighted by molar-refractivity contribution is -0.114. The molecule has 0 spiro atoms. The van der Waals surface area contributed by atoms with E-state index < -0.39 is 114 Å². The molecule has 25 nitrogen and oxygen atoms in total. The number of nitrogens with zero attached hydrogens (tertiary/aromatic N) is 8. The Hall–Kier alpha value is -7.44. The maximum atomic E-state index is 12.9. The van der Waals surface area contributed by atoms with E-state index in [1.165, 1.54) is 36.4 Å². The monoisotopic (exact) mass is 943 g/mol. The van der Waals surface area contributed by atoms with E-state index in [9.17, 15) is 57.5 Å². The number of thiol groups is 2. The molecule has 0 aliphatic carbocycles. The molecule has 328 valence electrons. The normalized spacial score (nSPS) is 12.3. The molecule has 63 heavy (non-hydrogen) atoms. The van der Waals surface area contributed by atoms with E-state index in [1.54, 1.807) is 0 Å². The number of azo groups is 4. The summed E-state index contributed by atoms with van der Waals surface area (Å²) in [6, 6.07) is 14.5. The van der Waals surface area contributed by atoms with E-state index >= 15 is 0 Å². The van der Waals surface area contributed by atoms with Crippen LogP contribution in [0.15, 0.2) is 139 Å². The first-order valence-corrected chi connectivity index (χ1v) is 22.1. The van der Waals surface area contributed by atoms with E-state index in [4.69, 9.17) is 16.2 Å². The number of nitrogen functional groups attached to an aromatic ring is 2. The van der Waals surface area contributed by atoms with Gasteiger partial charge in [0.2, 0.25) is 5.91 Å². The van der Waals surface area contributed by atoms with Gasteiger partial charge in [0.15, 0.2) is 21.4 Å². The Balaban J connectivity index is 1.72. The lowest BCUT2D eigenvalue weighted by Crippen LogP contribution is -2.06. The summed E-state index contributed by atoms with van der Waals surface area (Å²) in [6.07, 6.45) is 0. The second kappa shape index (κ2) is 19.1. The summed E-state index contributed by atoms with van der Waals surface area (Å²) in [5.41, 5.74) is 7.35. The molecule has 0 aliphatic rings. The molecule has 5 aromatic carbocycles. The smallest absolute Gasteiger partial charge is 0.340 e. The zero-order chi connectivity index (χ0) is 46.4. The summed E-state index contributed by atoms with van der Waals surface area (Å²) >= 11 is 0. The molecule has 0 aliphatic heterocycles. The van der Waals surface area contributed by atoms with Crippen LogP contribution in [0.3, 0.4) is 0 Å². The number of benzene rings is 5. The maximum absolute atomic E-state index is 12.9. The van der Waals surface area contributed by atoms with Gasteiger partial charge in [0.25, 0.3) is 20.2 Å². The number of nitrogens with one attached hydrogen (secondary N) is 1. The number of aromatic carboxylic acids is 1. The fraction of sp³-hybridized carbons (Fsp3) is 0.0588. The molecule has 0 bridgehead atoms. The van der Waals surface area contributed by atoms with Gasteiger partial charge in [-0.25, -0.2) is 21.6 Å². The standard InChI is InChI=1S/C34H29N11O14S4/c1-16(46)37-22-14-24(25(59-2)15-23(22)41-39-21-12-11-19(61(51)52)13-27(21)63(56,57)58)42-44-32-28(34(47)48)31(43-38-17-7-9-18(10-8-17)60(49)50)29(35)33(30(32)36)45-40-20-5-3-4-6-26(20)62(53,54)55/h3-15,60-61H,35-36H2,1-2H3,(H,37,46)(H,47,48)(H,53,54,55)(H,56,57,58). The number of carboxylic acid groups (broad SMARTS) is 1. The maximum Gasteiger partial charge on any atom is 0.340 e. The molecule has 0 fully saturated rings. The van der Waals surface area contributed by atoms with Gasteiger partial charge in [-0.05, 0) is 60.7 Å². The van der Waals surface area contributed by atoms with Crippen LogP contribution in [0.25, 0.3) is 0 Å². The Morgan fingerprint density at radius 1 is 0.619 bits per heavy atom. The lowest BCUT2D eigenvalue weighted by atomic mass is 10.1. The van der Waals surface area contributed by atoms with Crippen molar-refractivity contribution in [3.05, 3.63) is 84.4 Å². The van der Waals surface area contributed by atoms with Crippen LogP contribution in [0.5, 0.6) is 5.75 Å². The van der Waals surface area contributed by atoms with E-state index in [0.717, 1.165) is 50.4 Å². The molecule has 5 rings (SSSR count). The SMILES string of the molecule is COc1cc(N=Nc2ccc([SH](=O)=O)cc2S(=O)(=O)O)c(NC(C)=O)cc1N=Nc1c(N)c(N=Nc2ccccc2S(=O)(=O)O)c(N)c(N=Nc2ccc([SH](=O)=O)cc2)c1C(=O)O. The highest BCUT2D eigenvalue weighted by molar-refractivity contribution is 7.86. The molecular weight excluding hydrogens is 915 g/mol. The number of hydrogen-bond donors (Lipinski definition) is 8. The number of methoxy groups -OCH3 is 1.